The molecular weight excluding hydrogens is 294 g/mol. The fourth-order valence-electron chi connectivity index (χ4n) is 1.74. The molecule has 1 aromatic carbocycles. The molecule has 1 N–H and O–H groups in total. The molecule has 6 nitrogen and oxygen atoms in total. The van der Waals surface area contributed by atoms with Gasteiger partial charge in [-0.05, 0) is 31.9 Å². The van der Waals surface area contributed by atoms with Gasteiger partial charge in [0.05, 0.1) is 24.3 Å². The van der Waals surface area contributed by atoms with Gasteiger partial charge in [0.2, 0.25) is 0 Å². The molecule has 0 aromatic heterocycles. The number of ether oxygens (including phenoxy) is 2. The second-order valence-electron chi connectivity index (χ2n) is 5.51. The van der Waals surface area contributed by atoms with Crippen LogP contribution in [-0.2, 0) is 4.79 Å². The summed E-state index contributed by atoms with van der Waals surface area (Å²) in [5, 5.41) is 20.8. The fraction of sp³-hybridized carbons (Fsp3) is 0.471. The minimum Gasteiger partial charge on any atom is -0.490 e. The molecule has 0 spiro atoms. The van der Waals surface area contributed by atoms with Crippen LogP contribution < -0.4 is 14.8 Å². The summed E-state index contributed by atoms with van der Waals surface area (Å²) in [6.07, 6.45) is 0. The Morgan fingerprint density at radius 2 is 2.00 bits per heavy atom. The molecule has 0 bridgehead atoms. The summed E-state index contributed by atoms with van der Waals surface area (Å²) in [5.41, 5.74) is -0.504. The van der Waals surface area contributed by atoms with Crippen LogP contribution in [0.4, 0.5) is 0 Å². The van der Waals surface area contributed by atoms with Gasteiger partial charge in [-0.3, -0.25) is 4.79 Å². The van der Waals surface area contributed by atoms with Crippen molar-refractivity contribution in [2.75, 3.05) is 13.2 Å². The van der Waals surface area contributed by atoms with Crippen molar-refractivity contribution in [3.05, 3.63) is 23.8 Å². The van der Waals surface area contributed by atoms with Gasteiger partial charge in [-0.15, -0.1) is 0 Å². The summed E-state index contributed by atoms with van der Waals surface area (Å²) in [5.74, 6) is 0.357. The van der Waals surface area contributed by atoms with E-state index in [1.807, 2.05) is 26.8 Å². The SMILES string of the molecule is CCOc1cc(C#N)ccc1OCC(=O)N[C@](C)(C#N)C(C)C. The summed E-state index contributed by atoms with van der Waals surface area (Å²) in [4.78, 5) is 12.0. The third-order valence-electron chi connectivity index (χ3n) is 3.52. The number of hydrogen-bond donors (Lipinski definition) is 1. The number of rotatable bonds is 7. The molecule has 1 amide bonds. The number of nitriles is 2. The Morgan fingerprint density at radius 1 is 1.30 bits per heavy atom. The van der Waals surface area contributed by atoms with E-state index in [1.54, 1.807) is 25.1 Å². The Balaban J connectivity index is 2.77. The van der Waals surface area contributed by atoms with E-state index >= 15 is 0 Å². The number of nitrogens with one attached hydrogen (secondary N) is 1. The van der Waals surface area contributed by atoms with Crippen molar-refractivity contribution in [3.8, 4) is 23.6 Å². The number of benzene rings is 1. The molecule has 1 atom stereocenters. The largest absolute Gasteiger partial charge is 0.490 e. The second kappa shape index (κ2) is 8.05. The second-order valence-corrected chi connectivity index (χ2v) is 5.51. The van der Waals surface area contributed by atoms with Crippen molar-refractivity contribution in [3.63, 3.8) is 0 Å². The lowest BCUT2D eigenvalue weighted by molar-refractivity contribution is -0.124. The van der Waals surface area contributed by atoms with Gasteiger partial charge in [-0.25, -0.2) is 0 Å². The lowest BCUT2D eigenvalue weighted by Gasteiger charge is -2.27. The Hall–Kier alpha value is -2.73. The molecule has 0 saturated carbocycles. The van der Waals surface area contributed by atoms with Crippen LogP contribution >= 0.6 is 0 Å². The Bertz CT molecular complexity index is 643. The topological polar surface area (TPSA) is 95.1 Å². The monoisotopic (exact) mass is 315 g/mol. The summed E-state index contributed by atoms with van der Waals surface area (Å²) in [6, 6.07) is 8.86. The molecule has 1 aromatic rings. The van der Waals surface area contributed by atoms with Crippen LogP contribution in [0.3, 0.4) is 0 Å². The van der Waals surface area contributed by atoms with Crippen LogP contribution in [0.2, 0.25) is 0 Å². The molecular formula is C17H21N3O3. The third kappa shape index (κ3) is 4.89. The fourth-order valence-corrected chi connectivity index (χ4v) is 1.74. The molecule has 0 fully saturated rings. The Morgan fingerprint density at radius 3 is 2.52 bits per heavy atom. The van der Waals surface area contributed by atoms with E-state index in [1.165, 1.54) is 0 Å². The third-order valence-corrected chi connectivity index (χ3v) is 3.52. The van der Waals surface area contributed by atoms with Crippen LogP contribution in [0, 0.1) is 28.6 Å². The van der Waals surface area contributed by atoms with Crippen LogP contribution in [-0.4, -0.2) is 24.7 Å². The lowest BCUT2D eigenvalue weighted by Crippen LogP contribution is -2.50. The van der Waals surface area contributed by atoms with Gasteiger partial charge in [0.15, 0.2) is 18.1 Å². The minimum atomic E-state index is -0.951. The normalized spacial score (nSPS) is 12.7. The maximum atomic E-state index is 12.0. The van der Waals surface area contributed by atoms with Gasteiger partial charge in [0, 0.05) is 6.07 Å². The van der Waals surface area contributed by atoms with E-state index in [4.69, 9.17) is 14.7 Å². The maximum Gasteiger partial charge on any atom is 0.259 e. The zero-order valence-electron chi connectivity index (χ0n) is 13.8. The highest BCUT2D eigenvalue weighted by molar-refractivity contribution is 5.79. The Labute approximate surface area is 136 Å². The van der Waals surface area contributed by atoms with Crippen molar-refractivity contribution >= 4 is 5.91 Å². The summed E-state index contributed by atoms with van der Waals surface area (Å²) < 4.78 is 10.9. The van der Waals surface area contributed by atoms with Crippen molar-refractivity contribution in [2.45, 2.75) is 33.2 Å². The van der Waals surface area contributed by atoms with Crippen molar-refractivity contribution in [1.29, 1.82) is 10.5 Å². The molecule has 0 radical (unpaired) electrons. The molecule has 6 heteroatoms. The van der Waals surface area contributed by atoms with E-state index in [0.717, 1.165) is 0 Å². The standard InChI is InChI=1S/C17H21N3O3/c1-5-22-15-8-13(9-18)6-7-14(15)23-10-16(21)20-17(4,11-19)12(2)3/h6-8,12H,5,10H2,1-4H3,(H,20,21)/t17-/m1/s1. The number of hydrogen-bond acceptors (Lipinski definition) is 5. The first-order chi connectivity index (χ1) is 10.9. The minimum absolute atomic E-state index is 0.0367. The molecule has 0 heterocycles. The maximum absolute atomic E-state index is 12.0. The number of carbonyl (C=O) groups excluding carboxylic acids is 1. The first-order valence-corrected chi connectivity index (χ1v) is 7.38. The lowest BCUT2D eigenvalue weighted by atomic mass is 9.90. The smallest absolute Gasteiger partial charge is 0.259 e. The molecule has 0 saturated heterocycles. The molecule has 0 aliphatic heterocycles. The highest BCUT2D eigenvalue weighted by atomic mass is 16.5. The van der Waals surface area contributed by atoms with E-state index < -0.39 is 11.4 Å². The van der Waals surface area contributed by atoms with Crippen LogP contribution in [0.5, 0.6) is 11.5 Å². The Kier molecular flexibility index (Phi) is 6.41. The van der Waals surface area contributed by atoms with E-state index in [0.29, 0.717) is 23.7 Å². The predicted octanol–water partition coefficient (Wildman–Crippen LogP) is 2.39. The van der Waals surface area contributed by atoms with Crippen LogP contribution in [0.1, 0.15) is 33.3 Å². The molecule has 0 unspecified atom stereocenters. The number of carbonyl (C=O) groups is 1. The molecule has 122 valence electrons. The predicted molar refractivity (Wildman–Crippen MR) is 84.8 cm³/mol. The van der Waals surface area contributed by atoms with Gasteiger partial charge in [-0.2, -0.15) is 10.5 Å². The van der Waals surface area contributed by atoms with Gasteiger partial charge in [0.25, 0.3) is 5.91 Å². The average molecular weight is 315 g/mol. The van der Waals surface area contributed by atoms with E-state index in [9.17, 15) is 10.1 Å². The van der Waals surface area contributed by atoms with Gasteiger partial charge < -0.3 is 14.8 Å². The zero-order valence-corrected chi connectivity index (χ0v) is 13.8. The zero-order chi connectivity index (χ0) is 17.5. The molecule has 23 heavy (non-hydrogen) atoms. The first-order valence-electron chi connectivity index (χ1n) is 7.38. The van der Waals surface area contributed by atoms with Crippen molar-refractivity contribution in [2.24, 2.45) is 5.92 Å². The van der Waals surface area contributed by atoms with Gasteiger partial charge in [0.1, 0.15) is 5.54 Å². The average Bonchev–Trinajstić information content (AvgIpc) is 2.53. The van der Waals surface area contributed by atoms with Crippen molar-refractivity contribution in [1.82, 2.24) is 5.32 Å². The first kappa shape index (κ1) is 18.3. The molecule has 1 rings (SSSR count). The number of nitrogens with zero attached hydrogens (tertiary/aromatic N) is 2. The quantitative estimate of drug-likeness (QED) is 0.833. The van der Waals surface area contributed by atoms with Crippen LogP contribution in [0.15, 0.2) is 18.2 Å². The molecule has 0 aliphatic rings. The highest BCUT2D eigenvalue weighted by Crippen LogP contribution is 2.28. The van der Waals surface area contributed by atoms with Crippen LogP contribution in [0.25, 0.3) is 0 Å². The highest BCUT2D eigenvalue weighted by Gasteiger charge is 2.30. The van der Waals surface area contributed by atoms with E-state index in [-0.39, 0.29) is 12.5 Å². The van der Waals surface area contributed by atoms with Gasteiger partial charge >= 0.3 is 0 Å². The van der Waals surface area contributed by atoms with Crippen molar-refractivity contribution < 1.29 is 14.3 Å². The molecule has 0 aliphatic carbocycles. The van der Waals surface area contributed by atoms with E-state index in [2.05, 4.69) is 11.4 Å². The van der Waals surface area contributed by atoms with Gasteiger partial charge in [-0.1, -0.05) is 13.8 Å². The summed E-state index contributed by atoms with van der Waals surface area (Å²) >= 11 is 0. The number of amides is 1. The summed E-state index contributed by atoms with van der Waals surface area (Å²) in [6.45, 7) is 7.38. The summed E-state index contributed by atoms with van der Waals surface area (Å²) in [7, 11) is 0.